The quantitative estimate of drug-likeness (QED) is 0.569. The standard InChI is InChI=1S/C27H34N4O2/c1-20-9-11-22(12-10-20)17-24-25(19-33-3)28-26(23-7-5-4-6-8-23)29-27(24)31-15-13-30(14-16-31)18-21(2)32/h4-12,21,32H,13-19H2,1-3H3/t21-/m0/s1. The number of aliphatic hydroxyl groups is 1. The number of hydrogen-bond acceptors (Lipinski definition) is 6. The van der Waals surface area contributed by atoms with Crippen LogP contribution < -0.4 is 4.90 Å². The summed E-state index contributed by atoms with van der Waals surface area (Å²) in [6, 6.07) is 18.8. The number of ether oxygens (including phenoxy) is 1. The highest BCUT2D eigenvalue weighted by atomic mass is 16.5. The lowest BCUT2D eigenvalue weighted by Crippen LogP contribution is -2.49. The highest BCUT2D eigenvalue weighted by Gasteiger charge is 2.24. The number of aliphatic hydroxyl groups excluding tert-OH is 1. The van der Waals surface area contributed by atoms with Crippen molar-refractivity contribution < 1.29 is 9.84 Å². The van der Waals surface area contributed by atoms with Crippen LogP contribution in [0.25, 0.3) is 11.4 Å². The number of aromatic nitrogens is 2. The number of benzene rings is 2. The molecule has 0 unspecified atom stereocenters. The Labute approximate surface area is 196 Å². The molecule has 0 amide bonds. The van der Waals surface area contributed by atoms with Crippen molar-refractivity contribution in [3.05, 3.63) is 77.0 Å². The Morgan fingerprint density at radius 3 is 2.30 bits per heavy atom. The number of aryl methyl sites for hydroxylation is 1. The Balaban J connectivity index is 1.73. The summed E-state index contributed by atoms with van der Waals surface area (Å²) < 4.78 is 5.57. The van der Waals surface area contributed by atoms with Crippen molar-refractivity contribution >= 4 is 5.82 Å². The Kier molecular flexibility index (Phi) is 7.70. The second-order valence-corrected chi connectivity index (χ2v) is 8.89. The number of rotatable bonds is 8. The molecule has 1 aromatic heterocycles. The van der Waals surface area contributed by atoms with E-state index in [0.717, 1.165) is 61.1 Å². The van der Waals surface area contributed by atoms with Gasteiger partial charge in [0.15, 0.2) is 5.82 Å². The minimum Gasteiger partial charge on any atom is -0.392 e. The van der Waals surface area contributed by atoms with Crippen LogP contribution in [0, 0.1) is 6.92 Å². The van der Waals surface area contributed by atoms with Crippen LogP contribution >= 0.6 is 0 Å². The molecule has 0 bridgehead atoms. The molecule has 0 radical (unpaired) electrons. The molecule has 1 aliphatic heterocycles. The molecule has 6 nitrogen and oxygen atoms in total. The van der Waals surface area contributed by atoms with E-state index in [0.29, 0.717) is 13.2 Å². The van der Waals surface area contributed by atoms with Crippen LogP contribution in [0.2, 0.25) is 0 Å². The van der Waals surface area contributed by atoms with Gasteiger partial charge in [0.05, 0.1) is 18.4 Å². The maximum Gasteiger partial charge on any atom is 0.161 e. The van der Waals surface area contributed by atoms with Crippen LogP contribution in [0.4, 0.5) is 5.82 Å². The van der Waals surface area contributed by atoms with Gasteiger partial charge < -0.3 is 14.7 Å². The van der Waals surface area contributed by atoms with Gasteiger partial charge in [-0.2, -0.15) is 0 Å². The van der Waals surface area contributed by atoms with Crippen molar-refractivity contribution in [2.75, 3.05) is 44.7 Å². The van der Waals surface area contributed by atoms with Crippen molar-refractivity contribution in [2.45, 2.75) is 33.0 Å². The summed E-state index contributed by atoms with van der Waals surface area (Å²) in [5.41, 5.74) is 5.56. The van der Waals surface area contributed by atoms with Gasteiger partial charge in [0.25, 0.3) is 0 Å². The average molecular weight is 447 g/mol. The fourth-order valence-corrected chi connectivity index (χ4v) is 4.36. The van der Waals surface area contributed by atoms with E-state index in [2.05, 4.69) is 53.1 Å². The van der Waals surface area contributed by atoms with Gasteiger partial charge in [0, 0.05) is 57.4 Å². The molecule has 1 aliphatic rings. The Morgan fingerprint density at radius 2 is 1.67 bits per heavy atom. The molecule has 2 aromatic carbocycles. The maximum absolute atomic E-state index is 9.78. The number of hydrogen-bond donors (Lipinski definition) is 1. The fourth-order valence-electron chi connectivity index (χ4n) is 4.36. The highest BCUT2D eigenvalue weighted by molar-refractivity contribution is 5.61. The highest BCUT2D eigenvalue weighted by Crippen LogP contribution is 2.29. The van der Waals surface area contributed by atoms with E-state index < -0.39 is 0 Å². The lowest BCUT2D eigenvalue weighted by atomic mass is 10.0. The number of anilines is 1. The Hall–Kier alpha value is -2.80. The predicted molar refractivity (Wildman–Crippen MR) is 132 cm³/mol. The van der Waals surface area contributed by atoms with E-state index >= 15 is 0 Å². The third-order valence-corrected chi connectivity index (χ3v) is 6.08. The van der Waals surface area contributed by atoms with Crippen molar-refractivity contribution in [3.63, 3.8) is 0 Å². The number of piperazine rings is 1. The average Bonchev–Trinajstić information content (AvgIpc) is 2.82. The zero-order chi connectivity index (χ0) is 23.2. The van der Waals surface area contributed by atoms with Crippen LogP contribution in [0.5, 0.6) is 0 Å². The van der Waals surface area contributed by atoms with Crippen LogP contribution in [-0.4, -0.2) is 65.9 Å². The molecular weight excluding hydrogens is 412 g/mol. The molecule has 1 fully saturated rings. The molecule has 33 heavy (non-hydrogen) atoms. The molecule has 2 heterocycles. The van der Waals surface area contributed by atoms with Gasteiger partial charge in [-0.05, 0) is 19.4 Å². The first kappa shape index (κ1) is 23.4. The predicted octanol–water partition coefficient (Wildman–Crippen LogP) is 3.69. The third kappa shape index (κ3) is 5.96. The first-order valence-electron chi connectivity index (χ1n) is 11.7. The summed E-state index contributed by atoms with van der Waals surface area (Å²) in [7, 11) is 1.72. The molecular formula is C27H34N4O2. The topological polar surface area (TPSA) is 61.7 Å². The summed E-state index contributed by atoms with van der Waals surface area (Å²) in [5, 5.41) is 9.78. The van der Waals surface area contributed by atoms with Crippen molar-refractivity contribution in [1.82, 2.24) is 14.9 Å². The second-order valence-electron chi connectivity index (χ2n) is 8.89. The summed E-state index contributed by atoms with van der Waals surface area (Å²) in [4.78, 5) is 14.7. The molecule has 4 rings (SSSR count). The zero-order valence-corrected chi connectivity index (χ0v) is 19.9. The van der Waals surface area contributed by atoms with Crippen molar-refractivity contribution in [1.29, 1.82) is 0 Å². The zero-order valence-electron chi connectivity index (χ0n) is 19.9. The normalized spacial score (nSPS) is 15.6. The van der Waals surface area contributed by atoms with Crippen LogP contribution in [0.1, 0.15) is 29.3 Å². The summed E-state index contributed by atoms with van der Waals surface area (Å²) in [6.45, 7) is 8.64. The minimum atomic E-state index is -0.314. The molecule has 0 aliphatic carbocycles. The van der Waals surface area contributed by atoms with Gasteiger partial charge >= 0.3 is 0 Å². The fraction of sp³-hybridized carbons (Fsp3) is 0.407. The van der Waals surface area contributed by atoms with Crippen LogP contribution in [0.15, 0.2) is 54.6 Å². The van der Waals surface area contributed by atoms with Gasteiger partial charge in [-0.3, -0.25) is 4.90 Å². The summed E-state index contributed by atoms with van der Waals surface area (Å²) in [5.74, 6) is 1.73. The SMILES string of the molecule is COCc1nc(-c2ccccc2)nc(N2CCN(C[C@H](C)O)CC2)c1Cc1ccc(C)cc1. The van der Waals surface area contributed by atoms with Gasteiger partial charge in [-0.1, -0.05) is 60.2 Å². The molecule has 1 atom stereocenters. The lowest BCUT2D eigenvalue weighted by Gasteiger charge is -2.37. The van der Waals surface area contributed by atoms with E-state index in [-0.39, 0.29) is 6.10 Å². The number of β-amino-alcohol motifs (C(OH)–C–C–N with tert-alkyl or cyclic N) is 1. The Bertz CT molecular complexity index is 1030. The van der Waals surface area contributed by atoms with Crippen LogP contribution in [0.3, 0.4) is 0 Å². The number of methoxy groups -OCH3 is 1. The first-order chi connectivity index (χ1) is 16.0. The van der Waals surface area contributed by atoms with Gasteiger partial charge in [-0.15, -0.1) is 0 Å². The maximum atomic E-state index is 9.78. The minimum absolute atomic E-state index is 0.314. The van der Waals surface area contributed by atoms with Crippen molar-refractivity contribution in [3.8, 4) is 11.4 Å². The molecule has 1 saturated heterocycles. The van der Waals surface area contributed by atoms with E-state index in [1.807, 2.05) is 25.1 Å². The third-order valence-electron chi connectivity index (χ3n) is 6.08. The van der Waals surface area contributed by atoms with E-state index in [1.54, 1.807) is 7.11 Å². The second kappa shape index (κ2) is 10.9. The van der Waals surface area contributed by atoms with Gasteiger partial charge in [0.2, 0.25) is 0 Å². The van der Waals surface area contributed by atoms with Gasteiger partial charge in [0.1, 0.15) is 5.82 Å². The Morgan fingerprint density at radius 1 is 0.970 bits per heavy atom. The molecule has 6 heteroatoms. The lowest BCUT2D eigenvalue weighted by molar-refractivity contribution is 0.122. The monoisotopic (exact) mass is 446 g/mol. The van der Waals surface area contributed by atoms with Crippen molar-refractivity contribution in [2.24, 2.45) is 0 Å². The van der Waals surface area contributed by atoms with E-state index in [9.17, 15) is 5.11 Å². The van der Waals surface area contributed by atoms with Crippen LogP contribution in [-0.2, 0) is 17.8 Å². The molecule has 1 N–H and O–H groups in total. The van der Waals surface area contributed by atoms with Gasteiger partial charge in [-0.25, -0.2) is 9.97 Å². The van der Waals surface area contributed by atoms with E-state index in [1.165, 1.54) is 11.1 Å². The largest absolute Gasteiger partial charge is 0.392 e. The number of nitrogens with zero attached hydrogens (tertiary/aromatic N) is 4. The molecule has 3 aromatic rings. The molecule has 0 saturated carbocycles. The summed E-state index contributed by atoms with van der Waals surface area (Å²) >= 11 is 0. The van der Waals surface area contributed by atoms with E-state index in [4.69, 9.17) is 14.7 Å². The smallest absolute Gasteiger partial charge is 0.161 e. The summed E-state index contributed by atoms with van der Waals surface area (Å²) in [6.07, 6.45) is 0.447. The molecule has 0 spiro atoms. The molecule has 174 valence electrons. The first-order valence-corrected chi connectivity index (χ1v) is 11.7.